The molecule has 62 heavy (non-hydrogen) atoms. The zero-order valence-electron chi connectivity index (χ0n) is 33.3. The second-order valence-electron chi connectivity index (χ2n) is 12.2. The number of aryl methyl sites for hydroxylation is 2. The summed E-state index contributed by atoms with van der Waals surface area (Å²) >= 11 is 5.44. The van der Waals surface area contributed by atoms with Gasteiger partial charge in [0.15, 0.2) is 14.4 Å². The summed E-state index contributed by atoms with van der Waals surface area (Å²) in [4.78, 5) is 46.3. The molecule has 26 heteroatoms. The highest BCUT2D eigenvalue weighted by atomic mass is 32.2. The first-order chi connectivity index (χ1) is 30.1. The molecule has 22 nitrogen and oxygen atoms in total. The van der Waals surface area contributed by atoms with Crippen LogP contribution in [0.4, 0.5) is 21.6 Å². The topological polar surface area (TPSA) is 271 Å². The number of aromatic nitrogens is 8. The number of rotatable bonds is 21. The maximum Gasteiger partial charge on any atom is 0.337 e. The van der Waals surface area contributed by atoms with Crippen LogP contribution < -0.4 is 4.74 Å². The second kappa shape index (κ2) is 21.4. The fourth-order valence-electron chi connectivity index (χ4n) is 5.56. The molecule has 1 N–H and O–H groups in total. The van der Waals surface area contributed by atoms with Crippen LogP contribution in [0, 0.1) is 13.8 Å². The Balaban J connectivity index is 1.06. The molecule has 0 fully saturated rings. The zero-order chi connectivity index (χ0) is 44.2. The third-order valence-electron chi connectivity index (χ3n) is 8.17. The molecule has 2 aromatic carbocycles. The van der Waals surface area contributed by atoms with Crippen LogP contribution in [0.3, 0.4) is 0 Å². The number of thioether (sulfide) groups is 2. The van der Waals surface area contributed by atoms with Crippen LogP contribution >= 0.6 is 46.2 Å². The smallest absolute Gasteiger partial charge is 0.337 e. The van der Waals surface area contributed by atoms with Crippen LogP contribution in [-0.2, 0) is 48.4 Å². The van der Waals surface area contributed by atoms with Crippen LogP contribution in [0.2, 0.25) is 0 Å². The standard InChI is InChI=1S/C36H34N12O10S4/c1-19-28(27(14-49)47(45-19)25-10-21(15-57-17-50)8-23(12-25)31(52)55-4)37-39-33-41-43-35(61-33)59-6-7-60-36-44-42-34(62-36)40-38-29-20(2)46-48(30(29)54-3)26-11-22(16-58-18-51)9-24(13-26)32(53)56-5/h8-13,17-18,49H,6-7,14-16H2,1-5H3. The lowest BCUT2D eigenvalue weighted by atomic mass is 10.1. The van der Waals surface area contributed by atoms with E-state index in [0.717, 1.165) is 0 Å². The van der Waals surface area contributed by atoms with Crippen molar-refractivity contribution < 1.29 is 48.0 Å². The van der Waals surface area contributed by atoms with Gasteiger partial charge in [-0.3, -0.25) is 9.59 Å². The van der Waals surface area contributed by atoms with E-state index in [4.69, 9.17) is 23.7 Å². The molecule has 0 atom stereocenters. The van der Waals surface area contributed by atoms with Crippen LogP contribution in [0.5, 0.6) is 5.88 Å². The third-order valence-corrected chi connectivity index (χ3v) is 12.3. The van der Waals surface area contributed by atoms with Gasteiger partial charge >= 0.3 is 11.9 Å². The fourth-order valence-corrected chi connectivity index (χ4v) is 8.99. The molecular formula is C36H34N12O10S4. The van der Waals surface area contributed by atoms with Crippen molar-refractivity contribution in [1.82, 2.24) is 40.0 Å². The van der Waals surface area contributed by atoms with Crippen molar-refractivity contribution in [3.05, 3.63) is 75.7 Å². The molecule has 0 saturated heterocycles. The Morgan fingerprint density at radius 2 is 1.18 bits per heavy atom. The SMILES string of the molecule is COC(=O)c1cc(COC=O)cc(-n2nc(C)c(N=Nc3nnc(SCCSc4nnc(N=Nc5c(C)nn(-c6cc(COC=O)cc(C(=O)OC)c6)c5OC)s4)s3)c2CO)c1. The first-order valence-corrected chi connectivity index (χ1v) is 21.3. The minimum absolute atomic E-state index is 0.0730. The fraction of sp³-hybridized carbons (Fsp3) is 0.278. The number of carbonyl (C=O) groups excluding carboxylic acids is 4. The minimum Gasteiger partial charge on any atom is -0.479 e. The summed E-state index contributed by atoms with van der Waals surface area (Å²) in [6.07, 6.45) is 0. The molecule has 4 heterocycles. The minimum atomic E-state index is -0.603. The van der Waals surface area contributed by atoms with Gasteiger partial charge < -0.3 is 28.8 Å². The molecule has 0 aliphatic carbocycles. The number of aliphatic hydroxyl groups is 1. The predicted octanol–water partition coefficient (Wildman–Crippen LogP) is 6.51. The molecule has 0 aliphatic heterocycles. The van der Waals surface area contributed by atoms with Gasteiger partial charge in [0.05, 0.1) is 67.5 Å². The van der Waals surface area contributed by atoms with Gasteiger partial charge in [-0.2, -0.15) is 14.9 Å². The Morgan fingerprint density at radius 1 is 0.694 bits per heavy atom. The van der Waals surface area contributed by atoms with E-state index in [1.54, 1.807) is 38.1 Å². The van der Waals surface area contributed by atoms with Crippen LogP contribution in [-0.4, -0.2) is 103 Å². The summed E-state index contributed by atoms with van der Waals surface area (Å²) in [5.74, 6) is 0.379. The number of methoxy groups -OCH3 is 3. The zero-order valence-corrected chi connectivity index (χ0v) is 36.5. The van der Waals surface area contributed by atoms with E-state index in [9.17, 15) is 24.3 Å². The molecule has 322 valence electrons. The Hall–Kier alpha value is -6.48. The molecule has 0 radical (unpaired) electrons. The maximum absolute atomic E-state index is 12.4. The summed E-state index contributed by atoms with van der Waals surface area (Å²) in [5, 5.41) is 53.8. The van der Waals surface area contributed by atoms with E-state index >= 15 is 0 Å². The highest BCUT2D eigenvalue weighted by Gasteiger charge is 2.22. The molecule has 0 saturated carbocycles. The lowest BCUT2D eigenvalue weighted by Gasteiger charge is -2.10. The molecular weight excluding hydrogens is 889 g/mol. The van der Waals surface area contributed by atoms with E-state index < -0.39 is 18.5 Å². The summed E-state index contributed by atoms with van der Waals surface area (Å²) < 4.78 is 29.4. The van der Waals surface area contributed by atoms with Gasteiger partial charge in [-0.15, -0.1) is 40.9 Å². The van der Waals surface area contributed by atoms with Crippen molar-refractivity contribution in [3.63, 3.8) is 0 Å². The Kier molecular flexibility index (Phi) is 15.5. The third kappa shape index (κ3) is 10.9. The van der Waals surface area contributed by atoms with Gasteiger partial charge in [-0.25, -0.2) is 14.3 Å². The van der Waals surface area contributed by atoms with Crippen molar-refractivity contribution >= 4 is 92.7 Å². The van der Waals surface area contributed by atoms with E-state index in [0.29, 0.717) is 89.2 Å². The van der Waals surface area contributed by atoms with Gasteiger partial charge in [0.2, 0.25) is 5.88 Å². The van der Waals surface area contributed by atoms with Gasteiger partial charge in [0, 0.05) is 11.5 Å². The van der Waals surface area contributed by atoms with Crippen molar-refractivity contribution in [3.8, 4) is 17.3 Å². The molecule has 6 aromatic rings. The first kappa shape index (κ1) is 45.1. The first-order valence-electron chi connectivity index (χ1n) is 17.7. The number of azo groups is 2. The van der Waals surface area contributed by atoms with Gasteiger partial charge in [-0.05, 0) is 61.4 Å². The van der Waals surface area contributed by atoms with Crippen LogP contribution in [0.15, 0.2) is 65.5 Å². The Bertz CT molecular complexity index is 2460. The molecule has 4 aromatic heterocycles. The van der Waals surface area contributed by atoms with Gasteiger partial charge in [0.25, 0.3) is 23.2 Å². The van der Waals surface area contributed by atoms with Crippen molar-refractivity contribution in [2.75, 3.05) is 32.8 Å². The van der Waals surface area contributed by atoms with E-state index in [1.165, 1.54) is 89.0 Å². The summed E-state index contributed by atoms with van der Waals surface area (Å²) in [6, 6.07) is 9.52. The van der Waals surface area contributed by atoms with Crippen molar-refractivity contribution in [2.45, 2.75) is 42.3 Å². The predicted molar refractivity (Wildman–Crippen MR) is 223 cm³/mol. The highest BCUT2D eigenvalue weighted by molar-refractivity contribution is 8.04. The quantitative estimate of drug-likeness (QED) is 0.0201. The molecule has 0 spiro atoms. The molecule has 0 aliphatic rings. The summed E-state index contributed by atoms with van der Waals surface area (Å²) in [5.41, 5.74) is 4.18. The second-order valence-corrected chi connectivity index (χ2v) is 16.8. The summed E-state index contributed by atoms with van der Waals surface area (Å²) in [7, 11) is 3.97. The average molecular weight is 923 g/mol. The average Bonchev–Trinajstić information content (AvgIpc) is 4.09. The maximum atomic E-state index is 12.4. The number of esters is 2. The van der Waals surface area contributed by atoms with Crippen molar-refractivity contribution in [2.24, 2.45) is 20.5 Å². The van der Waals surface area contributed by atoms with E-state index in [1.807, 2.05) is 0 Å². The monoisotopic (exact) mass is 922 g/mol. The molecule has 0 unspecified atom stereocenters. The number of nitrogens with zero attached hydrogens (tertiary/aromatic N) is 12. The number of carbonyl (C=O) groups is 4. The highest BCUT2D eigenvalue weighted by Crippen LogP contribution is 2.37. The lowest BCUT2D eigenvalue weighted by Crippen LogP contribution is -2.08. The van der Waals surface area contributed by atoms with Gasteiger partial charge in [-0.1, -0.05) is 46.2 Å². The number of hydrogen-bond acceptors (Lipinski definition) is 24. The van der Waals surface area contributed by atoms with E-state index in [-0.39, 0.29) is 35.4 Å². The number of benzene rings is 2. The Labute approximate surface area is 367 Å². The molecule has 0 amide bonds. The van der Waals surface area contributed by atoms with Gasteiger partial charge in [0.1, 0.15) is 18.9 Å². The van der Waals surface area contributed by atoms with Crippen LogP contribution in [0.25, 0.3) is 11.4 Å². The van der Waals surface area contributed by atoms with Crippen LogP contribution in [0.1, 0.15) is 48.9 Å². The number of ether oxygens (including phenoxy) is 5. The Morgan fingerprint density at radius 3 is 1.66 bits per heavy atom. The molecule has 0 bridgehead atoms. The normalized spacial score (nSPS) is 11.3. The molecule has 6 rings (SSSR count). The number of aliphatic hydroxyl groups excluding tert-OH is 1. The van der Waals surface area contributed by atoms with E-state index in [2.05, 4.69) is 51.0 Å². The largest absolute Gasteiger partial charge is 0.479 e. The number of hydrogen-bond donors (Lipinski definition) is 1. The lowest BCUT2D eigenvalue weighted by molar-refractivity contribution is -0.130. The van der Waals surface area contributed by atoms with Crippen molar-refractivity contribution in [1.29, 1.82) is 0 Å². The summed E-state index contributed by atoms with van der Waals surface area (Å²) in [6.45, 7) is 3.42.